The molecule has 2 rings (SSSR count). The van der Waals surface area contributed by atoms with Gasteiger partial charge in [0.25, 0.3) is 0 Å². The van der Waals surface area contributed by atoms with Crippen LogP contribution in [0.3, 0.4) is 0 Å². The smallest absolute Gasteiger partial charge is 0.247 e. The molecule has 1 aliphatic rings. The zero-order valence-corrected chi connectivity index (χ0v) is 6.66. The van der Waals surface area contributed by atoms with E-state index in [0.29, 0.717) is 8.60 Å². The van der Waals surface area contributed by atoms with Gasteiger partial charge in [-0.05, 0) is 12.1 Å². The number of nitrogens with zero attached hydrogens (tertiary/aromatic N) is 1. The first-order valence-corrected chi connectivity index (χ1v) is 4.06. The van der Waals surface area contributed by atoms with Crippen molar-refractivity contribution < 1.29 is 4.52 Å². The lowest BCUT2D eigenvalue weighted by molar-refractivity contribution is 0.563. The largest absolute Gasteiger partial charge is 0.431 e. The van der Waals surface area contributed by atoms with Crippen molar-refractivity contribution in [1.29, 1.82) is 0 Å². The first kappa shape index (κ1) is 6.56. The molecule has 1 aliphatic heterocycles. The molecule has 1 aromatic carbocycles. The Kier molecular flexibility index (Phi) is 1.70. The van der Waals surface area contributed by atoms with Gasteiger partial charge >= 0.3 is 0 Å². The minimum Gasteiger partial charge on any atom is -0.431 e. The van der Waals surface area contributed by atoms with E-state index in [-0.39, 0.29) is 0 Å². The maximum absolute atomic E-state index is 5.00. The fourth-order valence-electron chi connectivity index (χ4n) is 0.918. The van der Waals surface area contributed by atoms with E-state index in [1.807, 2.05) is 30.3 Å². The van der Waals surface area contributed by atoms with Gasteiger partial charge in [-0.3, -0.25) is 0 Å². The molecule has 0 radical (unpaired) electrons. The molecule has 0 fully saturated rings. The summed E-state index contributed by atoms with van der Waals surface area (Å²) >= 11 is 0. The summed E-state index contributed by atoms with van der Waals surface area (Å²) in [7, 11) is 0.648. The molecule has 0 bridgehead atoms. The minimum absolute atomic E-state index is 0.648. The topological polar surface area (TPSA) is 21.6 Å². The van der Waals surface area contributed by atoms with E-state index in [2.05, 4.69) is 4.74 Å². The lowest BCUT2D eigenvalue weighted by Crippen LogP contribution is -1.69. The van der Waals surface area contributed by atoms with E-state index in [9.17, 15) is 0 Å². The van der Waals surface area contributed by atoms with Gasteiger partial charge in [-0.25, -0.2) is 0 Å². The molecule has 0 saturated heterocycles. The van der Waals surface area contributed by atoms with Crippen molar-refractivity contribution in [3.63, 3.8) is 0 Å². The van der Waals surface area contributed by atoms with Crippen molar-refractivity contribution in [2.45, 2.75) is 0 Å². The number of hydrogen-bond donors (Lipinski definition) is 0. The van der Waals surface area contributed by atoms with E-state index in [4.69, 9.17) is 4.52 Å². The van der Waals surface area contributed by atoms with Gasteiger partial charge in [0, 0.05) is 5.56 Å². The van der Waals surface area contributed by atoms with E-state index < -0.39 is 0 Å². The highest BCUT2D eigenvalue weighted by Gasteiger charge is 1.97. The summed E-state index contributed by atoms with van der Waals surface area (Å²) in [6.45, 7) is 0. The zero-order valence-electron chi connectivity index (χ0n) is 5.77. The van der Waals surface area contributed by atoms with Crippen molar-refractivity contribution in [3.8, 4) is 0 Å². The second kappa shape index (κ2) is 2.85. The average molecular weight is 163 g/mol. The Morgan fingerprint density at radius 3 is 3.18 bits per heavy atom. The van der Waals surface area contributed by atoms with E-state index >= 15 is 0 Å². The molecule has 1 heterocycles. The second-order valence-corrected chi connectivity index (χ2v) is 2.72. The summed E-state index contributed by atoms with van der Waals surface area (Å²) in [5.74, 6) is 0. The van der Waals surface area contributed by atoms with Gasteiger partial charge in [0.15, 0.2) is 0 Å². The van der Waals surface area contributed by atoms with Crippen LogP contribution in [0.15, 0.2) is 35.3 Å². The van der Waals surface area contributed by atoms with Gasteiger partial charge in [-0.15, -0.1) is 0 Å². The molecule has 0 atom stereocenters. The van der Waals surface area contributed by atoms with Crippen molar-refractivity contribution in [1.82, 2.24) is 0 Å². The highest BCUT2D eigenvalue weighted by Crippen LogP contribution is 2.27. The molecule has 0 aliphatic carbocycles. The highest BCUT2D eigenvalue weighted by molar-refractivity contribution is 7.21. The Balaban J connectivity index is 2.58. The summed E-state index contributed by atoms with van der Waals surface area (Å²) < 4.78 is 9.18. The molecular weight excluding hydrogens is 157 g/mol. The third-order valence-electron chi connectivity index (χ3n) is 1.44. The fraction of sp³-hybridized carbons (Fsp3) is 0. The molecule has 2 nitrogen and oxygen atoms in total. The Morgan fingerprint density at radius 2 is 2.18 bits per heavy atom. The van der Waals surface area contributed by atoms with Crippen LogP contribution in [0.25, 0.3) is 6.08 Å². The molecule has 3 heteroatoms. The van der Waals surface area contributed by atoms with Gasteiger partial charge in [-0.2, -0.15) is 4.74 Å². The SMILES string of the molecule is C1=Cc2ccccc2N=PO1. The molecular formula is C8H6NOP. The Labute approximate surface area is 66.5 Å². The van der Waals surface area contributed by atoms with Crippen LogP contribution in [0.2, 0.25) is 0 Å². The Bertz CT molecular complexity index is 289. The first-order chi connectivity index (χ1) is 5.47. The summed E-state index contributed by atoms with van der Waals surface area (Å²) in [5, 5.41) is 0. The molecule has 0 saturated carbocycles. The molecule has 0 unspecified atom stereocenters. The van der Waals surface area contributed by atoms with Crippen molar-refractivity contribution in [3.05, 3.63) is 36.1 Å². The Hall–Kier alpha value is -1.14. The highest BCUT2D eigenvalue weighted by atomic mass is 31.1. The number of hydrogen-bond acceptors (Lipinski definition) is 2. The van der Waals surface area contributed by atoms with E-state index in [1.54, 1.807) is 6.26 Å². The minimum atomic E-state index is 0.648. The maximum Gasteiger partial charge on any atom is 0.247 e. The van der Waals surface area contributed by atoms with E-state index in [0.717, 1.165) is 11.3 Å². The molecule has 0 N–H and O–H groups in total. The Morgan fingerprint density at radius 1 is 1.27 bits per heavy atom. The fourth-order valence-corrected chi connectivity index (χ4v) is 1.35. The molecule has 0 spiro atoms. The first-order valence-electron chi connectivity index (χ1n) is 3.29. The predicted octanol–water partition coefficient (Wildman–Crippen LogP) is 3.36. The molecule has 11 heavy (non-hydrogen) atoms. The predicted molar refractivity (Wildman–Crippen MR) is 45.6 cm³/mol. The van der Waals surface area contributed by atoms with Crippen molar-refractivity contribution in [2.24, 2.45) is 4.74 Å². The van der Waals surface area contributed by atoms with Gasteiger partial charge in [0.05, 0.1) is 11.9 Å². The van der Waals surface area contributed by atoms with Crippen LogP contribution in [0.1, 0.15) is 5.56 Å². The van der Waals surface area contributed by atoms with Crippen LogP contribution in [-0.4, -0.2) is 0 Å². The molecule has 1 aromatic rings. The van der Waals surface area contributed by atoms with Gasteiger partial charge in [0.1, 0.15) is 0 Å². The van der Waals surface area contributed by atoms with Crippen LogP contribution >= 0.6 is 8.60 Å². The standard InChI is InChI=1S/C8H6NOP/c1-2-4-8-7(3-1)5-6-10-11-9-8/h1-6H. The quantitative estimate of drug-likeness (QED) is 0.537. The second-order valence-electron chi connectivity index (χ2n) is 2.15. The van der Waals surface area contributed by atoms with Crippen molar-refractivity contribution in [2.75, 3.05) is 0 Å². The number of benzene rings is 1. The molecule has 0 aromatic heterocycles. The number of rotatable bonds is 0. The lowest BCUT2D eigenvalue weighted by atomic mass is 10.2. The van der Waals surface area contributed by atoms with Crippen molar-refractivity contribution >= 4 is 20.4 Å². The maximum atomic E-state index is 5.00. The monoisotopic (exact) mass is 163 g/mol. The average Bonchev–Trinajstić information content (AvgIpc) is 2.28. The summed E-state index contributed by atoms with van der Waals surface area (Å²) in [4.78, 5) is 0. The summed E-state index contributed by atoms with van der Waals surface area (Å²) in [5.41, 5.74) is 2.10. The van der Waals surface area contributed by atoms with Crippen LogP contribution in [0.4, 0.5) is 5.69 Å². The molecule has 0 amide bonds. The molecule has 54 valence electrons. The van der Waals surface area contributed by atoms with Crippen LogP contribution in [0, 0.1) is 0 Å². The van der Waals surface area contributed by atoms with E-state index in [1.165, 1.54) is 0 Å². The zero-order chi connectivity index (χ0) is 7.52. The number of fused-ring (bicyclic) bond motifs is 1. The van der Waals surface area contributed by atoms with Gasteiger partial charge in [-0.1, -0.05) is 18.2 Å². The normalized spacial score (nSPS) is 14.9. The lowest BCUT2D eigenvalue weighted by Gasteiger charge is -1.93. The van der Waals surface area contributed by atoms with Crippen LogP contribution in [0.5, 0.6) is 0 Å². The third-order valence-corrected chi connectivity index (χ3v) is 1.95. The van der Waals surface area contributed by atoms with Gasteiger partial charge in [0.2, 0.25) is 8.60 Å². The van der Waals surface area contributed by atoms with Crippen LogP contribution < -0.4 is 0 Å². The summed E-state index contributed by atoms with van der Waals surface area (Å²) in [6, 6.07) is 7.94. The summed E-state index contributed by atoms with van der Waals surface area (Å²) in [6.07, 6.45) is 3.58. The van der Waals surface area contributed by atoms with Crippen LogP contribution in [-0.2, 0) is 4.52 Å². The van der Waals surface area contributed by atoms with Gasteiger partial charge < -0.3 is 4.52 Å². The third kappa shape index (κ3) is 1.31.